The first-order valence-corrected chi connectivity index (χ1v) is 10.1. The molecule has 0 N–H and O–H groups in total. The van der Waals surface area contributed by atoms with Gasteiger partial charge in [-0.25, -0.2) is 4.68 Å². The highest BCUT2D eigenvalue weighted by molar-refractivity contribution is 6.76. The molecule has 0 saturated carbocycles. The summed E-state index contributed by atoms with van der Waals surface area (Å²) >= 11 is 0. The van der Waals surface area contributed by atoms with E-state index in [4.69, 9.17) is 10.3 Å². The van der Waals surface area contributed by atoms with Crippen LogP contribution in [-0.2, 0) is 17.0 Å². The SMILES string of the molecule is CC(C)(N=[N+]=[N-])c1cnn(COCC[Si](C)(C)C)c1. The molecule has 0 aromatic carbocycles. The van der Waals surface area contributed by atoms with Crippen LogP contribution in [0.5, 0.6) is 0 Å². The van der Waals surface area contributed by atoms with Crippen LogP contribution in [0.4, 0.5) is 0 Å². The predicted molar refractivity (Wildman–Crippen MR) is 78.5 cm³/mol. The molecule has 0 aliphatic heterocycles. The molecule has 0 spiro atoms. The molecular formula is C12H23N5OSi. The minimum Gasteiger partial charge on any atom is -0.360 e. The summed E-state index contributed by atoms with van der Waals surface area (Å²) in [5.41, 5.74) is 8.84. The minimum atomic E-state index is -1.04. The molecule has 1 heterocycles. The Kier molecular flexibility index (Phi) is 5.17. The van der Waals surface area contributed by atoms with Crippen molar-refractivity contribution in [2.24, 2.45) is 5.11 Å². The monoisotopic (exact) mass is 281 g/mol. The highest BCUT2D eigenvalue weighted by Gasteiger charge is 2.20. The lowest BCUT2D eigenvalue weighted by Gasteiger charge is -2.15. The van der Waals surface area contributed by atoms with E-state index in [9.17, 15) is 0 Å². The van der Waals surface area contributed by atoms with Crippen LogP contribution >= 0.6 is 0 Å². The van der Waals surface area contributed by atoms with Crippen molar-refractivity contribution in [1.29, 1.82) is 0 Å². The van der Waals surface area contributed by atoms with E-state index in [-0.39, 0.29) is 0 Å². The number of ether oxygens (including phenoxy) is 1. The van der Waals surface area contributed by atoms with E-state index in [2.05, 4.69) is 34.8 Å². The van der Waals surface area contributed by atoms with Gasteiger partial charge in [0.2, 0.25) is 0 Å². The van der Waals surface area contributed by atoms with Crippen molar-refractivity contribution < 1.29 is 4.74 Å². The fourth-order valence-corrected chi connectivity index (χ4v) is 2.21. The lowest BCUT2D eigenvalue weighted by molar-refractivity contribution is 0.0785. The second kappa shape index (κ2) is 6.23. The van der Waals surface area contributed by atoms with E-state index in [1.54, 1.807) is 10.9 Å². The minimum absolute atomic E-state index is 0.441. The van der Waals surface area contributed by atoms with Gasteiger partial charge in [-0.3, -0.25) is 0 Å². The van der Waals surface area contributed by atoms with Crippen LogP contribution in [-0.4, -0.2) is 24.5 Å². The summed E-state index contributed by atoms with van der Waals surface area (Å²) in [6.45, 7) is 11.9. The molecule has 7 heteroatoms. The standard InChI is InChI=1S/C12H23N5OSi/c1-12(2,15-16-13)11-8-14-17(9-11)10-18-6-7-19(3,4)5/h8-9H,6-7,10H2,1-5H3. The second-order valence-electron chi connectivity index (χ2n) is 6.36. The molecule has 0 fully saturated rings. The fourth-order valence-electron chi connectivity index (χ4n) is 1.46. The third-order valence-electron chi connectivity index (χ3n) is 2.85. The molecule has 0 aliphatic rings. The van der Waals surface area contributed by atoms with E-state index in [0.717, 1.165) is 18.2 Å². The molecule has 0 saturated heterocycles. The van der Waals surface area contributed by atoms with Crippen LogP contribution in [0.2, 0.25) is 25.7 Å². The first-order chi connectivity index (χ1) is 8.74. The summed E-state index contributed by atoms with van der Waals surface area (Å²) in [5, 5.41) is 7.98. The maximum atomic E-state index is 8.53. The number of nitrogens with zero attached hydrogens (tertiary/aromatic N) is 5. The van der Waals surface area contributed by atoms with Gasteiger partial charge in [0.05, 0.1) is 11.7 Å². The Morgan fingerprint density at radius 1 is 1.47 bits per heavy atom. The molecule has 0 amide bonds. The van der Waals surface area contributed by atoms with E-state index >= 15 is 0 Å². The van der Waals surface area contributed by atoms with Crippen LogP contribution < -0.4 is 0 Å². The fraction of sp³-hybridized carbons (Fsp3) is 0.750. The van der Waals surface area contributed by atoms with Crippen molar-refractivity contribution in [3.8, 4) is 0 Å². The Morgan fingerprint density at radius 2 is 2.16 bits per heavy atom. The number of hydrogen-bond donors (Lipinski definition) is 0. The molecule has 0 bridgehead atoms. The van der Waals surface area contributed by atoms with Gasteiger partial charge in [0.1, 0.15) is 6.73 Å². The first kappa shape index (κ1) is 15.8. The average molecular weight is 281 g/mol. The van der Waals surface area contributed by atoms with Gasteiger partial charge in [-0.2, -0.15) is 5.10 Å². The zero-order valence-corrected chi connectivity index (χ0v) is 13.4. The Labute approximate surface area is 115 Å². The summed E-state index contributed by atoms with van der Waals surface area (Å²) in [6, 6.07) is 1.14. The Morgan fingerprint density at radius 3 is 2.74 bits per heavy atom. The smallest absolute Gasteiger partial charge is 0.139 e. The molecule has 1 aromatic rings. The molecule has 0 radical (unpaired) electrons. The third kappa shape index (κ3) is 5.46. The summed E-state index contributed by atoms with van der Waals surface area (Å²) in [5.74, 6) is 0. The van der Waals surface area contributed by atoms with Crippen LogP contribution in [0.25, 0.3) is 10.4 Å². The number of rotatable bonds is 7. The molecule has 1 aromatic heterocycles. The molecule has 6 nitrogen and oxygen atoms in total. The van der Waals surface area contributed by atoms with E-state index in [1.807, 2.05) is 20.0 Å². The van der Waals surface area contributed by atoms with Gasteiger partial charge in [-0.1, -0.05) is 38.6 Å². The van der Waals surface area contributed by atoms with Crippen molar-refractivity contribution >= 4 is 8.07 Å². The van der Waals surface area contributed by atoms with Crippen LogP contribution in [0, 0.1) is 0 Å². The maximum Gasteiger partial charge on any atom is 0.139 e. The molecule has 1 rings (SSSR count). The van der Waals surface area contributed by atoms with Gasteiger partial charge in [0, 0.05) is 31.4 Å². The third-order valence-corrected chi connectivity index (χ3v) is 4.56. The Bertz CT molecular complexity index is 457. The average Bonchev–Trinajstić information content (AvgIpc) is 2.72. The normalized spacial score (nSPS) is 12.3. The quantitative estimate of drug-likeness (QED) is 0.251. The van der Waals surface area contributed by atoms with E-state index in [0.29, 0.717) is 6.73 Å². The highest BCUT2D eigenvalue weighted by atomic mass is 28.3. The van der Waals surface area contributed by atoms with E-state index in [1.165, 1.54) is 0 Å². The van der Waals surface area contributed by atoms with Gasteiger partial charge >= 0.3 is 0 Å². The molecule has 106 valence electrons. The van der Waals surface area contributed by atoms with Crippen molar-refractivity contribution in [1.82, 2.24) is 9.78 Å². The number of azide groups is 1. The van der Waals surface area contributed by atoms with E-state index < -0.39 is 13.6 Å². The predicted octanol–water partition coefficient (Wildman–Crippen LogP) is 3.74. The van der Waals surface area contributed by atoms with Gasteiger partial charge in [-0.15, -0.1) is 0 Å². The second-order valence-corrected chi connectivity index (χ2v) is 12.0. The summed E-state index contributed by atoms with van der Waals surface area (Å²) < 4.78 is 7.34. The van der Waals surface area contributed by atoms with Gasteiger partial charge in [0.15, 0.2) is 0 Å². The highest BCUT2D eigenvalue weighted by Crippen LogP contribution is 2.24. The lowest BCUT2D eigenvalue weighted by atomic mass is 10.00. The van der Waals surface area contributed by atoms with Crippen LogP contribution in [0.1, 0.15) is 19.4 Å². The topological polar surface area (TPSA) is 75.8 Å². The summed E-state index contributed by atoms with van der Waals surface area (Å²) in [4.78, 5) is 2.86. The zero-order valence-electron chi connectivity index (χ0n) is 12.4. The lowest BCUT2D eigenvalue weighted by Crippen LogP contribution is -2.22. The van der Waals surface area contributed by atoms with Gasteiger partial charge in [-0.05, 0) is 11.6 Å². The number of hydrogen-bond acceptors (Lipinski definition) is 3. The number of aromatic nitrogens is 2. The zero-order chi connectivity index (χ0) is 14.5. The van der Waals surface area contributed by atoms with Crippen molar-refractivity contribution in [2.75, 3.05) is 6.61 Å². The first-order valence-electron chi connectivity index (χ1n) is 6.41. The molecule has 0 aliphatic carbocycles. The van der Waals surface area contributed by atoms with Crippen molar-refractivity contribution in [2.45, 2.75) is 51.8 Å². The Hall–Kier alpha value is -1.30. The summed E-state index contributed by atoms with van der Waals surface area (Å²) in [7, 11) is -1.04. The van der Waals surface area contributed by atoms with Crippen molar-refractivity contribution in [3.63, 3.8) is 0 Å². The largest absolute Gasteiger partial charge is 0.360 e. The molecule has 0 unspecified atom stereocenters. The van der Waals surface area contributed by atoms with Gasteiger partial charge in [0.25, 0.3) is 0 Å². The molecular weight excluding hydrogens is 258 g/mol. The van der Waals surface area contributed by atoms with Gasteiger partial charge < -0.3 is 4.74 Å². The summed E-state index contributed by atoms with van der Waals surface area (Å²) in [6.07, 6.45) is 3.58. The van der Waals surface area contributed by atoms with Crippen LogP contribution in [0.15, 0.2) is 17.5 Å². The molecule has 0 atom stereocenters. The van der Waals surface area contributed by atoms with Crippen molar-refractivity contribution in [3.05, 3.63) is 28.4 Å². The van der Waals surface area contributed by atoms with Crippen LogP contribution in [0.3, 0.4) is 0 Å². The maximum absolute atomic E-state index is 8.53. The Balaban J connectivity index is 2.50. The molecule has 19 heavy (non-hydrogen) atoms.